The standard InChI is InChI=1S/C12H16N2O2/c1-8-2-4-9(5-3-8)10(12(14)16)6-7-11(13)15/h2-5,10H,6-7H2,1H3,(H2,13,15)(H2,14,16). The van der Waals surface area contributed by atoms with Gasteiger partial charge >= 0.3 is 0 Å². The molecule has 16 heavy (non-hydrogen) atoms. The number of nitrogens with two attached hydrogens (primary N) is 2. The molecule has 0 aromatic heterocycles. The summed E-state index contributed by atoms with van der Waals surface area (Å²) in [4.78, 5) is 21.9. The molecule has 4 N–H and O–H groups in total. The molecule has 0 aliphatic rings. The normalized spacial score (nSPS) is 12.1. The molecule has 86 valence electrons. The molecule has 0 aliphatic carbocycles. The number of carbonyl (C=O) groups excluding carboxylic acids is 2. The molecule has 1 rings (SSSR count). The van der Waals surface area contributed by atoms with Crippen LogP contribution in [0.1, 0.15) is 29.9 Å². The summed E-state index contributed by atoms with van der Waals surface area (Å²) in [7, 11) is 0. The van der Waals surface area contributed by atoms with Crippen molar-refractivity contribution in [1.29, 1.82) is 0 Å². The van der Waals surface area contributed by atoms with Crippen molar-refractivity contribution in [2.75, 3.05) is 0 Å². The van der Waals surface area contributed by atoms with E-state index >= 15 is 0 Å². The summed E-state index contributed by atoms with van der Waals surface area (Å²) in [5.74, 6) is -1.28. The fourth-order valence-electron chi connectivity index (χ4n) is 1.56. The van der Waals surface area contributed by atoms with E-state index in [1.54, 1.807) is 0 Å². The van der Waals surface area contributed by atoms with Crippen molar-refractivity contribution in [3.63, 3.8) is 0 Å². The second kappa shape index (κ2) is 5.30. The van der Waals surface area contributed by atoms with Crippen LogP contribution in [0.5, 0.6) is 0 Å². The zero-order valence-electron chi connectivity index (χ0n) is 9.27. The Morgan fingerprint density at radius 1 is 1.19 bits per heavy atom. The molecule has 1 unspecified atom stereocenters. The second-order valence-corrected chi connectivity index (χ2v) is 3.87. The molecule has 0 fully saturated rings. The molecule has 0 aliphatic heterocycles. The maximum absolute atomic E-state index is 11.3. The molecule has 0 spiro atoms. The van der Waals surface area contributed by atoms with Crippen LogP contribution in [-0.4, -0.2) is 11.8 Å². The van der Waals surface area contributed by atoms with Crippen molar-refractivity contribution >= 4 is 11.8 Å². The first-order chi connectivity index (χ1) is 7.50. The van der Waals surface area contributed by atoms with Gasteiger partial charge in [-0.1, -0.05) is 29.8 Å². The molecule has 2 amide bonds. The van der Waals surface area contributed by atoms with Gasteiger partial charge in [-0.3, -0.25) is 9.59 Å². The zero-order chi connectivity index (χ0) is 12.1. The molecule has 4 nitrogen and oxygen atoms in total. The van der Waals surface area contributed by atoms with Crippen LogP contribution in [0, 0.1) is 6.92 Å². The topological polar surface area (TPSA) is 86.2 Å². The quantitative estimate of drug-likeness (QED) is 0.770. The van der Waals surface area contributed by atoms with Crippen molar-refractivity contribution in [3.05, 3.63) is 35.4 Å². The Hall–Kier alpha value is -1.84. The predicted molar refractivity (Wildman–Crippen MR) is 61.5 cm³/mol. The van der Waals surface area contributed by atoms with Crippen LogP contribution >= 0.6 is 0 Å². The van der Waals surface area contributed by atoms with Gasteiger partial charge in [0.2, 0.25) is 11.8 Å². The van der Waals surface area contributed by atoms with E-state index < -0.39 is 17.7 Å². The largest absolute Gasteiger partial charge is 0.370 e. The molecule has 1 aromatic carbocycles. The first-order valence-corrected chi connectivity index (χ1v) is 5.15. The van der Waals surface area contributed by atoms with Gasteiger partial charge in [0.05, 0.1) is 5.92 Å². The van der Waals surface area contributed by atoms with E-state index in [1.807, 2.05) is 31.2 Å². The van der Waals surface area contributed by atoms with Crippen LogP contribution in [0.25, 0.3) is 0 Å². The number of primary amides is 2. The summed E-state index contributed by atoms with van der Waals surface area (Å²) in [6.07, 6.45) is 0.537. The van der Waals surface area contributed by atoms with Crippen LogP contribution in [0.4, 0.5) is 0 Å². The third-order valence-corrected chi connectivity index (χ3v) is 2.50. The maximum Gasteiger partial charge on any atom is 0.224 e. The van der Waals surface area contributed by atoms with Crippen LogP contribution in [0.3, 0.4) is 0 Å². The fraction of sp³-hybridized carbons (Fsp3) is 0.333. The Morgan fingerprint density at radius 3 is 2.19 bits per heavy atom. The lowest BCUT2D eigenvalue weighted by Crippen LogP contribution is -2.23. The highest BCUT2D eigenvalue weighted by Gasteiger charge is 2.18. The summed E-state index contributed by atoms with van der Waals surface area (Å²) in [6.45, 7) is 1.96. The van der Waals surface area contributed by atoms with E-state index in [1.165, 1.54) is 0 Å². The van der Waals surface area contributed by atoms with Crippen molar-refractivity contribution in [1.82, 2.24) is 0 Å². The van der Waals surface area contributed by atoms with E-state index in [0.29, 0.717) is 6.42 Å². The molecule has 1 atom stereocenters. The minimum Gasteiger partial charge on any atom is -0.370 e. The fourth-order valence-corrected chi connectivity index (χ4v) is 1.56. The summed E-state index contributed by atoms with van der Waals surface area (Å²) in [6, 6.07) is 7.53. The van der Waals surface area contributed by atoms with Crippen LogP contribution in [-0.2, 0) is 9.59 Å². The SMILES string of the molecule is Cc1ccc(C(CCC(N)=O)C(N)=O)cc1. The van der Waals surface area contributed by atoms with E-state index in [4.69, 9.17) is 11.5 Å². The van der Waals surface area contributed by atoms with E-state index in [9.17, 15) is 9.59 Å². The highest BCUT2D eigenvalue weighted by molar-refractivity contribution is 5.83. The molecular weight excluding hydrogens is 204 g/mol. The van der Waals surface area contributed by atoms with Crippen LogP contribution in [0.15, 0.2) is 24.3 Å². The van der Waals surface area contributed by atoms with E-state index in [0.717, 1.165) is 11.1 Å². The molecule has 0 radical (unpaired) electrons. The summed E-state index contributed by atoms with van der Waals surface area (Å²) < 4.78 is 0. The second-order valence-electron chi connectivity index (χ2n) is 3.87. The monoisotopic (exact) mass is 220 g/mol. The lowest BCUT2D eigenvalue weighted by molar-refractivity contribution is -0.120. The minimum atomic E-state index is -0.437. The number of benzene rings is 1. The van der Waals surface area contributed by atoms with Gasteiger partial charge in [-0.05, 0) is 18.9 Å². The van der Waals surface area contributed by atoms with Crippen molar-refractivity contribution in [2.24, 2.45) is 11.5 Å². The van der Waals surface area contributed by atoms with Gasteiger partial charge in [0.1, 0.15) is 0 Å². The first kappa shape index (κ1) is 12.2. The Kier molecular flexibility index (Phi) is 4.05. The predicted octanol–water partition coefficient (Wildman–Crippen LogP) is 0.829. The van der Waals surface area contributed by atoms with Crippen LogP contribution in [0.2, 0.25) is 0 Å². The summed E-state index contributed by atoms with van der Waals surface area (Å²) >= 11 is 0. The Bertz CT molecular complexity index is 385. The Balaban J connectivity index is 2.81. The van der Waals surface area contributed by atoms with Crippen molar-refractivity contribution in [3.8, 4) is 0 Å². The van der Waals surface area contributed by atoms with Gasteiger partial charge in [-0.25, -0.2) is 0 Å². The van der Waals surface area contributed by atoms with Crippen LogP contribution < -0.4 is 11.5 Å². The van der Waals surface area contributed by atoms with Gasteiger partial charge in [0, 0.05) is 6.42 Å². The Morgan fingerprint density at radius 2 is 1.75 bits per heavy atom. The molecule has 4 heteroatoms. The number of carbonyl (C=O) groups is 2. The Labute approximate surface area is 94.6 Å². The smallest absolute Gasteiger partial charge is 0.224 e. The summed E-state index contributed by atoms with van der Waals surface area (Å²) in [5.41, 5.74) is 12.3. The molecule has 0 bridgehead atoms. The third kappa shape index (κ3) is 3.38. The third-order valence-electron chi connectivity index (χ3n) is 2.50. The maximum atomic E-state index is 11.3. The van der Waals surface area contributed by atoms with Crippen molar-refractivity contribution < 1.29 is 9.59 Å². The molecule has 1 aromatic rings. The highest BCUT2D eigenvalue weighted by atomic mass is 16.1. The van der Waals surface area contributed by atoms with Gasteiger partial charge in [0.15, 0.2) is 0 Å². The first-order valence-electron chi connectivity index (χ1n) is 5.15. The van der Waals surface area contributed by atoms with E-state index in [2.05, 4.69) is 0 Å². The van der Waals surface area contributed by atoms with Gasteiger partial charge in [0.25, 0.3) is 0 Å². The summed E-state index contributed by atoms with van der Waals surface area (Å²) in [5, 5.41) is 0. The van der Waals surface area contributed by atoms with E-state index in [-0.39, 0.29) is 6.42 Å². The number of hydrogen-bond acceptors (Lipinski definition) is 2. The van der Waals surface area contributed by atoms with Gasteiger partial charge in [-0.2, -0.15) is 0 Å². The average molecular weight is 220 g/mol. The number of hydrogen-bond donors (Lipinski definition) is 2. The number of aryl methyl sites for hydroxylation is 1. The van der Waals surface area contributed by atoms with Crippen molar-refractivity contribution in [2.45, 2.75) is 25.7 Å². The van der Waals surface area contributed by atoms with Gasteiger partial charge in [-0.15, -0.1) is 0 Å². The molecular formula is C12H16N2O2. The lowest BCUT2D eigenvalue weighted by Gasteiger charge is -2.12. The number of rotatable bonds is 5. The molecule has 0 heterocycles. The zero-order valence-corrected chi connectivity index (χ0v) is 9.27. The average Bonchev–Trinajstić information content (AvgIpc) is 2.20. The molecule has 0 saturated carbocycles. The highest BCUT2D eigenvalue weighted by Crippen LogP contribution is 2.21. The number of amides is 2. The molecule has 0 saturated heterocycles. The van der Waals surface area contributed by atoms with Gasteiger partial charge < -0.3 is 11.5 Å². The minimum absolute atomic E-state index is 0.168. The lowest BCUT2D eigenvalue weighted by atomic mass is 9.93.